The molecule has 1 amide bonds. The molecule has 3 aromatic rings. The number of rotatable bonds is 8. The Kier molecular flexibility index (Phi) is 7.21. The first-order valence-corrected chi connectivity index (χ1v) is 12.2. The van der Waals surface area contributed by atoms with Crippen molar-refractivity contribution >= 4 is 33.3 Å². The first kappa shape index (κ1) is 24.1. The second kappa shape index (κ2) is 10.5. The normalized spacial score (nSPS) is 12.5. The maximum absolute atomic E-state index is 13.0. The molecule has 4 rings (SSSR count). The van der Waals surface area contributed by atoms with Crippen LogP contribution in [0.3, 0.4) is 0 Å². The van der Waals surface area contributed by atoms with E-state index in [0.29, 0.717) is 36.0 Å². The highest BCUT2D eigenvalue weighted by molar-refractivity contribution is 7.92. The number of benzene rings is 3. The number of anilines is 2. The van der Waals surface area contributed by atoms with Crippen LogP contribution in [0.15, 0.2) is 77.7 Å². The molecule has 0 atom stereocenters. The average molecular weight is 497 g/mol. The number of esters is 1. The quantitative estimate of drug-likeness (QED) is 0.477. The summed E-state index contributed by atoms with van der Waals surface area (Å²) in [6.07, 6.45) is -0.0382. The highest BCUT2D eigenvalue weighted by Crippen LogP contribution is 2.31. The first-order valence-electron chi connectivity index (χ1n) is 10.8. The second-order valence-electron chi connectivity index (χ2n) is 7.70. The average Bonchev–Trinajstić information content (AvgIpc) is 2.87. The van der Waals surface area contributed by atoms with E-state index in [2.05, 4.69) is 5.32 Å². The lowest BCUT2D eigenvalue weighted by atomic mass is 10.1. The number of hydrogen-bond donors (Lipinski definition) is 1. The molecule has 0 aliphatic carbocycles. The predicted molar refractivity (Wildman–Crippen MR) is 129 cm³/mol. The molecule has 0 unspecified atom stereocenters. The molecular weight excluding hydrogens is 472 g/mol. The van der Waals surface area contributed by atoms with Gasteiger partial charge < -0.3 is 19.5 Å². The van der Waals surface area contributed by atoms with Crippen molar-refractivity contribution in [3.8, 4) is 11.5 Å². The molecule has 1 aliphatic rings. The summed E-state index contributed by atoms with van der Waals surface area (Å²) in [4.78, 5) is 24.5. The van der Waals surface area contributed by atoms with Crippen LogP contribution in [0.1, 0.15) is 5.56 Å². The minimum absolute atomic E-state index is 0.0113. The Labute approximate surface area is 203 Å². The number of carbonyl (C=O) groups excluding carboxylic acids is 2. The molecule has 3 aromatic carbocycles. The van der Waals surface area contributed by atoms with Gasteiger partial charge in [0, 0.05) is 12.7 Å². The molecule has 0 saturated carbocycles. The van der Waals surface area contributed by atoms with Gasteiger partial charge in [-0.2, -0.15) is 0 Å². The van der Waals surface area contributed by atoms with Crippen molar-refractivity contribution in [2.45, 2.75) is 11.3 Å². The Balaban J connectivity index is 1.33. The number of para-hydroxylation sites is 1. The van der Waals surface area contributed by atoms with E-state index in [-0.39, 0.29) is 17.0 Å². The smallest absolute Gasteiger partial charge is 0.310 e. The zero-order valence-corrected chi connectivity index (χ0v) is 19.8. The Morgan fingerprint density at radius 3 is 2.46 bits per heavy atom. The van der Waals surface area contributed by atoms with Crippen molar-refractivity contribution in [1.82, 2.24) is 0 Å². The third-order valence-electron chi connectivity index (χ3n) is 5.22. The molecule has 0 spiro atoms. The monoisotopic (exact) mass is 496 g/mol. The van der Waals surface area contributed by atoms with Crippen LogP contribution in [0, 0.1) is 0 Å². The molecule has 182 valence electrons. The third kappa shape index (κ3) is 5.90. The highest BCUT2D eigenvalue weighted by atomic mass is 32.2. The number of amides is 1. The zero-order valence-electron chi connectivity index (χ0n) is 19.0. The lowest BCUT2D eigenvalue weighted by molar-refractivity contribution is -0.146. The van der Waals surface area contributed by atoms with E-state index < -0.39 is 28.5 Å². The largest absolute Gasteiger partial charge is 0.486 e. The lowest BCUT2D eigenvalue weighted by Gasteiger charge is -2.20. The molecule has 9 nitrogen and oxygen atoms in total. The molecule has 0 radical (unpaired) electrons. The lowest BCUT2D eigenvalue weighted by Crippen LogP contribution is -2.26. The van der Waals surface area contributed by atoms with Gasteiger partial charge in [-0.15, -0.1) is 0 Å². The fraction of sp³-hybridized carbons (Fsp3) is 0.200. The summed E-state index contributed by atoms with van der Waals surface area (Å²) in [7, 11) is -2.38. The molecule has 0 fully saturated rings. The molecule has 0 saturated heterocycles. The summed E-state index contributed by atoms with van der Waals surface area (Å²) in [5, 5.41) is 2.56. The van der Waals surface area contributed by atoms with E-state index >= 15 is 0 Å². The summed E-state index contributed by atoms with van der Waals surface area (Å²) in [5.74, 6) is 0.00289. The Bertz CT molecular complexity index is 1330. The van der Waals surface area contributed by atoms with Crippen LogP contribution >= 0.6 is 0 Å². The molecule has 0 aromatic heterocycles. The van der Waals surface area contributed by atoms with Gasteiger partial charge in [0.1, 0.15) is 13.2 Å². The maximum atomic E-state index is 13.0. The van der Waals surface area contributed by atoms with Gasteiger partial charge in [0.25, 0.3) is 15.9 Å². The number of sulfonamides is 1. The van der Waals surface area contributed by atoms with Gasteiger partial charge >= 0.3 is 5.97 Å². The Morgan fingerprint density at radius 1 is 0.943 bits per heavy atom. The van der Waals surface area contributed by atoms with Gasteiger partial charge in [0.05, 0.1) is 17.0 Å². The van der Waals surface area contributed by atoms with E-state index in [9.17, 15) is 18.0 Å². The SMILES string of the molecule is CN(c1ccccc1)S(=O)(=O)c1cccc(NC(=O)COC(=O)Cc2ccc3c(c2)OCCO3)c1. The van der Waals surface area contributed by atoms with E-state index in [1.54, 1.807) is 54.6 Å². The number of nitrogens with one attached hydrogen (secondary N) is 1. The molecule has 10 heteroatoms. The molecule has 1 heterocycles. The van der Waals surface area contributed by atoms with Crippen LogP contribution in [0.4, 0.5) is 11.4 Å². The van der Waals surface area contributed by atoms with E-state index in [4.69, 9.17) is 14.2 Å². The molecule has 1 aliphatic heterocycles. The zero-order chi connectivity index (χ0) is 24.8. The summed E-state index contributed by atoms with van der Waals surface area (Å²) in [6, 6.07) is 19.7. The summed E-state index contributed by atoms with van der Waals surface area (Å²) >= 11 is 0. The second-order valence-corrected chi connectivity index (χ2v) is 9.67. The van der Waals surface area contributed by atoms with Crippen LogP contribution in [-0.2, 0) is 30.8 Å². The number of ether oxygens (including phenoxy) is 3. The minimum Gasteiger partial charge on any atom is -0.486 e. The van der Waals surface area contributed by atoms with Gasteiger partial charge in [0.15, 0.2) is 18.1 Å². The summed E-state index contributed by atoms with van der Waals surface area (Å²) < 4.78 is 43.1. The maximum Gasteiger partial charge on any atom is 0.310 e. The van der Waals surface area contributed by atoms with Crippen LogP contribution < -0.4 is 19.1 Å². The highest BCUT2D eigenvalue weighted by Gasteiger charge is 2.22. The van der Waals surface area contributed by atoms with Crippen molar-refractivity contribution in [1.29, 1.82) is 0 Å². The van der Waals surface area contributed by atoms with Crippen molar-refractivity contribution in [2.24, 2.45) is 0 Å². The van der Waals surface area contributed by atoms with Gasteiger partial charge in [-0.3, -0.25) is 13.9 Å². The fourth-order valence-electron chi connectivity index (χ4n) is 3.43. The summed E-state index contributed by atoms with van der Waals surface area (Å²) in [5.41, 5.74) is 1.44. The Morgan fingerprint density at radius 2 is 1.69 bits per heavy atom. The van der Waals surface area contributed by atoms with Crippen LogP contribution in [0.5, 0.6) is 11.5 Å². The van der Waals surface area contributed by atoms with Crippen LogP contribution in [-0.4, -0.2) is 47.2 Å². The number of hydrogen-bond acceptors (Lipinski definition) is 7. The number of nitrogens with zero attached hydrogens (tertiary/aromatic N) is 1. The molecule has 1 N–H and O–H groups in total. The van der Waals surface area contributed by atoms with Crippen molar-refractivity contribution in [3.05, 3.63) is 78.4 Å². The van der Waals surface area contributed by atoms with Crippen molar-refractivity contribution < 1.29 is 32.2 Å². The topological polar surface area (TPSA) is 111 Å². The summed E-state index contributed by atoms with van der Waals surface area (Å²) in [6.45, 7) is 0.401. The van der Waals surface area contributed by atoms with Crippen molar-refractivity contribution in [2.75, 3.05) is 36.5 Å². The third-order valence-corrected chi connectivity index (χ3v) is 7.00. The molecular formula is C25H24N2O7S. The molecule has 35 heavy (non-hydrogen) atoms. The Hall–Kier alpha value is -4.05. The van der Waals surface area contributed by atoms with Gasteiger partial charge in [-0.1, -0.05) is 30.3 Å². The number of fused-ring (bicyclic) bond motifs is 1. The van der Waals surface area contributed by atoms with E-state index in [1.165, 1.54) is 25.2 Å². The predicted octanol–water partition coefficient (Wildman–Crippen LogP) is 3.01. The van der Waals surface area contributed by atoms with E-state index in [1.807, 2.05) is 0 Å². The van der Waals surface area contributed by atoms with Gasteiger partial charge in [0.2, 0.25) is 0 Å². The van der Waals surface area contributed by atoms with Crippen molar-refractivity contribution in [3.63, 3.8) is 0 Å². The van der Waals surface area contributed by atoms with E-state index in [0.717, 1.165) is 4.31 Å². The fourth-order valence-corrected chi connectivity index (χ4v) is 4.67. The standard InChI is InChI=1S/C25H24N2O7S/c1-27(20-7-3-2-4-8-20)35(30,31)21-9-5-6-19(16-21)26-24(28)17-34-25(29)15-18-10-11-22-23(14-18)33-13-12-32-22/h2-11,14,16H,12-13,15,17H2,1H3,(H,26,28). The van der Waals surface area contributed by atoms with Gasteiger partial charge in [-0.25, -0.2) is 8.42 Å². The van der Waals surface area contributed by atoms with Crippen LogP contribution in [0.25, 0.3) is 0 Å². The number of carbonyl (C=O) groups is 2. The van der Waals surface area contributed by atoms with Crippen LogP contribution in [0.2, 0.25) is 0 Å². The first-order chi connectivity index (χ1) is 16.8. The van der Waals surface area contributed by atoms with Gasteiger partial charge in [-0.05, 0) is 48.0 Å². The molecule has 0 bridgehead atoms. The minimum atomic E-state index is -3.84.